The Labute approximate surface area is 188 Å². The predicted molar refractivity (Wildman–Crippen MR) is 124 cm³/mol. The first-order chi connectivity index (χ1) is 14.6. The largest absolute Gasteiger partial charge is 0.469 e. The molecule has 0 aromatic rings. The molecule has 0 aromatic carbocycles. The lowest BCUT2D eigenvalue weighted by atomic mass is 9.97. The molecular formula is C21H48N3O6P. The van der Waals surface area contributed by atoms with Crippen LogP contribution in [0.3, 0.4) is 0 Å². The van der Waals surface area contributed by atoms with Crippen LogP contribution in [0, 0.1) is 0 Å². The Kier molecular flexibility index (Phi) is 19.3. The Hall–Kier alpha value is -0.0900. The molecule has 0 amide bonds. The van der Waals surface area contributed by atoms with Gasteiger partial charge in [-0.05, 0) is 38.5 Å². The van der Waals surface area contributed by atoms with E-state index in [1.807, 2.05) is 0 Å². The third kappa shape index (κ3) is 22.9. The topological polar surface area (TPSA) is 185 Å². The highest BCUT2D eigenvalue weighted by Gasteiger charge is 2.15. The van der Waals surface area contributed by atoms with Crippen molar-refractivity contribution in [1.29, 1.82) is 0 Å². The summed E-state index contributed by atoms with van der Waals surface area (Å²) in [6, 6.07) is 1.61. The van der Waals surface area contributed by atoms with Gasteiger partial charge in [0.15, 0.2) is 0 Å². The van der Waals surface area contributed by atoms with Gasteiger partial charge in [-0.2, -0.15) is 0 Å². The zero-order valence-electron chi connectivity index (χ0n) is 19.1. The van der Waals surface area contributed by atoms with Crippen molar-refractivity contribution < 1.29 is 29.1 Å². The minimum Gasteiger partial charge on any atom is -0.394 e. The van der Waals surface area contributed by atoms with Crippen LogP contribution in [0.25, 0.3) is 0 Å². The average Bonchev–Trinajstić information content (AvgIpc) is 2.74. The maximum Gasteiger partial charge on any atom is 0.469 e. The lowest BCUT2D eigenvalue weighted by Crippen LogP contribution is -2.22. The van der Waals surface area contributed by atoms with Crippen LogP contribution in [0.5, 0.6) is 0 Å². The number of rotatable bonds is 4. The van der Waals surface area contributed by atoms with E-state index in [2.05, 4.69) is 4.52 Å². The number of aliphatic hydroxyl groups excluding tert-OH is 2. The summed E-state index contributed by atoms with van der Waals surface area (Å²) in [5.74, 6) is 0. The maximum absolute atomic E-state index is 9.93. The van der Waals surface area contributed by atoms with Gasteiger partial charge in [-0.25, -0.2) is 4.57 Å². The molecule has 3 aliphatic rings. The van der Waals surface area contributed by atoms with E-state index < -0.39 is 27.1 Å². The van der Waals surface area contributed by atoms with Crippen LogP contribution < -0.4 is 17.2 Å². The first-order valence-electron chi connectivity index (χ1n) is 11.9. The molecule has 0 bridgehead atoms. The molecule has 31 heavy (non-hydrogen) atoms. The second-order valence-corrected chi connectivity index (χ2v) is 10.1. The lowest BCUT2D eigenvalue weighted by Gasteiger charge is -2.15. The van der Waals surface area contributed by atoms with E-state index in [0.29, 0.717) is 18.1 Å². The van der Waals surface area contributed by atoms with Gasteiger partial charge in [0.2, 0.25) is 0 Å². The first kappa shape index (κ1) is 30.9. The molecule has 0 heterocycles. The third-order valence-electron chi connectivity index (χ3n) is 5.60. The summed E-state index contributed by atoms with van der Waals surface area (Å²) < 4.78 is 13.8. The number of aliphatic hydroxyl groups is 2. The van der Waals surface area contributed by atoms with E-state index in [4.69, 9.17) is 37.2 Å². The fourth-order valence-corrected chi connectivity index (χ4v) is 4.00. The summed E-state index contributed by atoms with van der Waals surface area (Å²) in [7, 11) is -4.50. The van der Waals surface area contributed by atoms with Gasteiger partial charge in [0, 0.05) is 18.1 Å². The second-order valence-electron chi connectivity index (χ2n) is 8.82. The molecule has 0 aliphatic heterocycles. The van der Waals surface area contributed by atoms with Crippen molar-refractivity contribution in [3.63, 3.8) is 0 Å². The van der Waals surface area contributed by atoms with Gasteiger partial charge in [0.25, 0.3) is 0 Å². The molecule has 3 saturated carbocycles. The Morgan fingerprint density at radius 1 is 0.710 bits per heavy atom. The molecule has 10 N–H and O–H groups in total. The molecule has 0 saturated heterocycles. The molecule has 3 rings (SSSR count). The highest BCUT2D eigenvalue weighted by molar-refractivity contribution is 7.46. The molecule has 1 unspecified atom stereocenters. The minimum absolute atomic E-state index is 0.536. The van der Waals surface area contributed by atoms with Crippen molar-refractivity contribution in [2.75, 3.05) is 13.2 Å². The Balaban J connectivity index is 0.000000391. The lowest BCUT2D eigenvalue weighted by molar-refractivity contribution is 0.0419. The smallest absolute Gasteiger partial charge is 0.394 e. The first-order valence-corrected chi connectivity index (χ1v) is 13.4. The molecule has 0 spiro atoms. The van der Waals surface area contributed by atoms with Gasteiger partial charge in [0.05, 0.1) is 13.2 Å². The van der Waals surface area contributed by atoms with Gasteiger partial charge < -0.3 is 37.2 Å². The zero-order chi connectivity index (χ0) is 23.5. The van der Waals surface area contributed by atoms with Crippen LogP contribution in [-0.2, 0) is 9.09 Å². The number of phosphoric ester groups is 1. The van der Waals surface area contributed by atoms with Crippen molar-refractivity contribution in [3.8, 4) is 0 Å². The SMILES string of the molecule is NC1CCCCC1.NC1CCCCC1.NC1CCCCC1.O=P(O)(O)OCC(O)CO. The highest BCUT2D eigenvalue weighted by atomic mass is 31.2. The molecule has 188 valence electrons. The summed E-state index contributed by atoms with van der Waals surface area (Å²) in [4.78, 5) is 16.1. The van der Waals surface area contributed by atoms with Crippen molar-refractivity contribution >= 4 is 7.82 Å². The van der Waals surface area contributed by atoms with Crippen molar-refractivity contribution in [2.24, 2.45) is 17.2 Å². The van der Waals surface area contributed by atoms with Gasteiger partial charge in [-0.15, -0.1) is 0 Å². The quantitative estimate of drug-likeness (QED) is 0.303. The average molecular weight is 470 g/mol. The predicted octanol–water partition coefficient (Wildman–Crippen LogP) is 2.28. The van der Waals surface area contributed by atoms with E-state index >= 15 is 0 Å². The van der Waals surface area contributed by atoms with Gasteiger partial charge in [-0.3, -0.25) is 4.52 Å². The van der Waals surface area contributed by atoms with Gasteiger partial charge in [0.1, 0.15) is 6.10 Å². The number of hydrogen-bond acceptors (Lipinski definition) is 7. The van der Waals surface area contributed by atoms with Gasteiger partial charge in [-0.1, -0.05) is 57.8 Å². The Morgan fingerprint density at radius 2 is 1.00 bits per heavy atom. The molecule has 1 atom stereocenters. The normalized spacial score (nSPS) is 22.0. The van der Waals surface area contributed by atoms with E-state index in [1.54, 1.807) is 0 Å². The molecular weight excluding hydrogens is 421 g/mol. The molecule has 0 radical (unpaired) electrons. The number of phosphoric acid groups is 1. The zero-order valence-corrected chi connectivity index (χ0v) is 20.0. The summed E-state index contributed by atoms with van der Waals surface area (Å²) in [5, 5.41) is 16.7. The summed E-state index contributed by atoms with van der Waals surface area (Å²) in [6.07, 6.45) is 18.7. The summed E-state index contributed by atoms with van der Waals surface area (Å²) in [6.45, 7) is -1.15. The molecule has 9 nitrogen and oxygen atoms in total. The van der Waals surface area contributed by atoms with Crippen molar-refractivity contribution in [3.05, 3.63) is 0 Å². The van der Waals surface area contributed by atoms with E-state index in [-0.39, 0.29) is 0 Å². The van der Waals surface area contributed by atoms with Crippen LogP contribution in [0.1, 0.15) is 96.3 Å². The number of nitrogens with two attached hydrogens (primary N) is 3. The summed E-state index contributed by atoms with van der Waals surface area (Å²) in [5.41, 5.74) is 16.9. The second kappa shape index (κ2) is 19.4. The van der Waals surface area contributed by atoms with E-state index in [0.717, 1.165) is 0 Å². The number of hydrogen-bond donors (Lipinski definition) is 7. The highest BCUT2D eigenvalue weighted by Crippen LogP contribution is 2.35. The third-order valence-corrected chi connectivity index (χ3v) is 6.08. The Bertz CT molecular complexity index is 399. The van der Waals surface area contributed by atoms with Gasteiger partial charge >= 0.3 is 7.82 Å². The van der Waals surface area contributed by atoms with Crippen LogP contribution in [0.15, 0.2) is 0 Å². The van der Waals surface area contributed by atoms with Crippen LogP contribution in [0.2, 0.25) is 0 Å². The van der Waals surface area contributed by atoms with Crippen molar-refractivity contribution in [1.82, 2.24) is 0 Å². The molecule has 10 heteroatoms. The maximum atomic E-state index is 9.93. The summed E-state index contributed by atoms with van der Waals surface area (Å²) >= 11 is 0. The fraction of sp³-hybridized carbons (Fsp3) is 1.00. The minimum atomic E-state index is -4.50. The van der Waals surface area contributed by atoms with Crippen LogP contribution in [0.4, 0.5) is 0 Å². The van der Waals surface area contributed by atoms with E-state index in [1.165, 1.54) is 96.3 Å². The van der Waals surface area contributed by atoms with Crippen LogP contribution >= 0.6 is 7.82 Å². The fourth-order valence-electron chi connectivity index (χ4n) is 3.64. The molecule has 0 aromatic heterocycles. The van der Waals surface area contributed by atoms with Crippen molar-refractivity contribution in [2.45, 2.75) is 121 Å². The van der Waals surface area contributed by atoms with E-state index in [9.17, 15) is 4.57 Å². The Morgan fingerprint density at radius 3 is 1.16 bits per heavy atom. The van der Waals surface area contributed by atoms with Crippen LogP contribution in [-0.4, -0.2) is 57.4 Å². The standard InChI is InChI=1S/3C6H13N.C3H9O6P/c3*7-6-4-2-1-3-5-6;4-1-3(5)2-9-10(6,7)8/h3*6H,1-5,7H2;3-5H,1-2H2,(H2,6,7,8). The molecule has 3 fully saturated rings. The monoisotopic (exact) mass is 469 g/mol. The molecule has 3 aliphatic carbocycles.